The van der Waals surface area contributed by atoms with Gasteiger partial charge < -0.3 is 4.74 Å². The molecule has 32 heavy (non-hydrogen) atoms. The fraction of sp³-hybridized carbons (Fsp3) is 0.250. The molecule has 162 valence electrons. The molecule has 2 unspecified atom stereocenters. The van der Waals surface area contributed by atoms with E-state index in [9.17, 15) is 14.4 Å². The number of allylic oxidation sites excluding steroid dienone is 2. The Morgan fingerprint density at radius 3 is 2.59 bits per heavy atom. The van der Waals surface area contributed by atoms with Gasteiger partial charge in [0.25, 0.3) is 5.91 Å². The van der Waals surface area contributed by atoms with Crippen molar-refractivity contribution in [2.75, 3.05) is 16.8 Å². The Hall–Kier alpha value is -3.52. The van der Waals surface area contributed by atoms with Crippen molar-refractivity contribution >= 4 is 50.1 Å². The zero-order valence-electron chi connectivity index (χ0n) is 17.4. The third-order valence-corrected chi connectivity index (χ3v) is 6.70. The van der Waals surface area contributed by atoms with E-state index in [1.54, 1.807) is 24.3 Å². The van der Waals surface area contributed by atoms with Crippen LogP contribution in [-0.2, 0) is 9.59 Å². The average Bonchev–Trinajstić information content (AvgIpc) is 3.31. The molecule has 0 saturated carbocycles. The second kappa shape index (κ2) is 8.20. The van der Waals surface area contributed by atoms with Crippen LogP contribution < -0.4 is 15.0 Å². The lowest BCUT2D eigenvalue weighted by Crippen LogP contribution is -2.31. The number of imide groups is 1. The number of fused-ring (bicyclic) bond motifs is 2. The number of hydrogen-bond acceptors (Lipinski definition) is 6. The highest BCUT2D eigenvalue weighted by Crippen LogP contribution is 2.38. The van der Waals surface area contributed by atoms with Gasteiger partial charge >= 0.3 is 0 Å². The van der Waals surface area contributed by atoms with E-state index in [4.69, 9.17) is 4.74 Å². The highest BCUT2D eigenvalue weighted by atomic mass is 32.1. The standard InChI is InChI=1S/C24H21N3O4S/c1-2-31-16-10-11-19-20(13-16)32-24(25-19)26-21(28)14-6-5-7-15(12-14)27-22(29)17-8-3-4-9-18(17)23(27)30/h3-7,10-13,17-18H,2,8-9H2,1H3,(H,25,26,28). The van der Waals surface area contributed by atoms with Gasteiger partial charge in [-0.25, -0.2) is 4.98 Å². The third kappa shape index (κ3) is 3.56. The van der Waals surface area contributed by atoms with E-state index in [0.717, 1.165) is 16.0 Å². The zero-order valence-corrected chi connectivity index (χ0v) is 18.2. The molecule has 2 atom stereocenters. The average molecular weight is 448 g/mol. The number of ether oxygens (including phenoxy) is 1. The summed E-state index contributed by atoms with van der Waals surface area (Å²) < 4.78 is 6.42. The van der Waals surface area contributed by atoms with Crippen molar-refractivity contribution in [2.24, 2.45) is 11.8 Å². The van der Waals surface area contributed by atoms with Crippen molar-refractivity contribution in [1.82, 2.24) is 4.98 Å². The summed E-state index contributed by atoms with van der Waals surface area (Å²) in [6.45, 7) is 2.50. The maximum atomic E-state index is 12.9. The maximum absolute atomic E-state index is 12.9. The summed E-state index contributed by atoms with van der Waals surface area (Å²) in [6, 6.07) is 12.2. The summed E-state index contributed by atoms with van der Waals surface area (Å²) in [6.07, 6.45) is 5.06. The van der Waals surface area contributed by atoms with E-state index in [1.165, 1.54) is 16.2 Å². The molecule has 0 spiro atoms. The van der Waals surface area contributed by atoms with Crippen molar-refractivity contribution in [3.63, 3.8) is 0 Å². The van der Waals surface area contributed by atoms with Gasteiger partial charge in [-0.1, -0.05) is 29.6 Å². The van der Waals surface area contributed by atoms with Gasteiger partial charge in [-0.05, 0) is 56.2 Å². The summed E-state index contributed by atoms with van der Waals surface area (Å²) in [5, 5.41) is 3.29. The van der Waals surface area contributed by atoms with Gasteiger partial charge in [0, 0.05) is 5.56 Å². The number of nitrogens with zero attached hydrogens (tertiary/aromatic N) is 2. The van der Waals surface area contributed by atoms with E-state index in [0.29, 0.717) is 35.8 Å². The Balaban J connectivity index is 1.36. The van der Waals surface area contributed by atoms with Crippen LogP contribution in [0, 0.1) is 11.8 Å². The van der Waals surface area contributed by atoms with Crippen LogP contribution in [0.5, 0.6) is 5.75 Å². The number of rotatable bonds is 5. The van der Waals surface area contributed by atoms with E-state index in [1.807, 2.05) is 37.3 Å². The van der Waals surface area contributed by atoms with Gasteiger partial charge in [0.1, 0.15) is 5.75 Å². The van der Waals surface area contributed by atoms with Crippen LogP contribution >= 0.6 is 11.3 Å². The van der Waals surface area contributed by atoms with Gasteiger partial charge in [-0.15, -0.1) is 0 Å². The minimum atomic E-state index is -0.353. The Bertz CT molecular complexity index is 1240. The van der Waals surface area contributed by atoms with Crippen LogP contribution in [-0.4, -0.2) is 29.3 Å². The third-order valence-electron chi connectivity index (χ3n) is 5.77. The fourth-order valence-electron chi connectivity index (χ4n) is 4.23. The van der Waals surface area contributed by atoms with Gasteiger partial charge in [0.05, 0.1) is 34.3 Å². The molecule has 5 rings (SSSR count). The lowest BCUT2D eigenvalue weighted by Gasteiger charge is -2.15. The molecule has 1 aromatic heterocycles. The number of carbonyl (C=O) groups excluding carboxylic acids is 3. The molecule has 7 nitrogen and oxygen atoms in total. The molecular weight excluding hydrogens is 426 g/mol. The Morgan fingerprint density at radius 2 is 1.88 bits per heavy atom. The van der Waals surface area contributed by atoms with Gasteiger partial charge in [-0.3, -0.25) is 24.6 Å². The first-order chi connectivity index (χ1) is 15.5. The Kier molecular flexibility index (Phi) is 5.22. The second-order valence-corrected chi connectivity index (χ2v) is 8.78. The summed E-state index contributed by atoms with van der Waals surface area (Å²) in [5.41, 5.74) is 1.55. The fourth-order valence-corrected chi connectivity index (χ4v) is 5.11. The molecule has 1 N–H and O–H groups in total. The van der Waals surface area contributed by atoms with Crippen LogP contribution in [0.15, 0.2) is 54.6 Å². The first-order valence-corrected chi connectivity index (χ1v) is 11.3. The molecule has 0 radical (unpaired) electrons. The number of aromatic nitrogens is 1. The van der Waals surface area contributed by atoms with Gasteiger partial charge in [0.2, 0.25) is 11.8 Å². The molecule has 1 aliphatic heterocycles. The summed E-state index contributed by atoms with van der Waals surface area (Å²) >= 11 is 1.36. The number of anilines is 2. The number of hydrogen-bond donors (Lipinski definition) is 1. The topological polar surface area (TPSA) is 88.6 Å². The second-order valence-electron chi connectivity index (χ2n) is 7.75. The minimum absolute atomic E-state index is 0.196. The molecule has 1 saturated heterocycles. The van der Waals surface area contributed by atoms with Crippen molar-refractivity contribution in [3.05, 3.63) is 60.2 Å². The Labute approximate surface area is 188 Å². The zero-order chi connectivity index (χ0) is 22.2. The van der Waals surface area contributed by atoms with Crippen LogP contribution in [0.1, 0.15) is 30.1 Å². The van der Waals surface area contributed by atoms with Crippen molar-refractivity contribution < 1.29 is 19.1 Å². The summed E-state index contributed by atoms with van der Waals surface area (Å²) in [4.78, 5) is 44.3. The smallest absolute Gasteiger partial charge is 0.257 e. The summed E-state index contributed by atoms with van der Waals surface area (Å²) in [7, 11) is 0. The van der Waals surface area contributed by atoms with E-state index < -0.39 is 0 Å². The number of nitrogens with one attached hydrogen (secondary N) is 1. The number of benzene rings is 2. The largest absolute Gasteiger partial charge is 0.494 e. The lowest BCUT2D eigenvalue weighted by molar-refractivity contribution is -0.122. The molecule has 3 aromatic rings. The predicted molar refractivity (Wildman–Crippen MR) is 123 cm³/mol. The van der Waals surface area contributed by atoms with Crippen LogP contribution in [0.4, 0.5) is 10.8 Å². The minimum Gasteiger partial charge on any atom is -0.494 e. The van der Waals surface area contributed by atoms with Crippen molar-refractivity contribution in [2.45, 2.75) is 19.8 Å². The van der Waals surface area contributed by atoms with Crippen molar-refractivity contribution in [1.29, 1.82) is 0 Å². The highest BCUT2D eigenvalue weighted by Gasteiger charge is 2.47. The molecular formula is C24H21N3O4S. The molecule has 0 bridgehead atoms. The van der Waals surface area contributed by atoms with Gasteiger partial charge in [-0.2, -0.15) is 0 Å². The Morgan fingerprint density at radius 1 is 1.12 bits per heavy atom. The first-order valence-electron chi connectivity index (χ1n) is 10.5. The van der Waals surface area contributed by atoms with Crippen molar-refractivity contribution in [3.8, 4) is 5.75 Å². The lowest BCUT2D eigenvalue weighted by atomic mass is 9.85. The van der Waals surface area contributed by atoms with E-state index >= 15 is 0 Å². The molecule has 2 aliphatic rings. The molecule has 1 aliphatic carbocycles. The van der Waals surface area contributed by atoms with Crippen LogP contribution in [0.25, 0.3) is 10.2 Å². The normalized spacial score (nSPS) is 20.0. The molecule has 3 amide bonds. The predicted octanol–water partition coefficient (Wildman–Crippen LogP) is 4.40. The molecule has 8 heteroatoms. The monoisotopic (exact) mass is 447 g/mol. The quantitative estimate of drug-likeness (QED) is 0.463. The number of thiazole rings is 1. The maximum Gasteiger partial charge on any atom is 0.257 e. The van der Waals surface area contributed by atoms with Crippen LogP contribution in [0.2, 0.25) is 0 Å². The van der Waals surface area contributed by atoms with Crippen LogP contribution in [0.3, 0.4) is 0 Å². The molecule has 2 aromatic carbocycles. The highest BCUT2D eigenvalue weighted by molar-refractivity contribution is 7.22. The number of amides is 3. The summed E-state index contributed by atoms with van der Waals surface area (Å²) in [5.74, 6) is -0.612. The molecule has 2 heterocycles. The first kappa shape index (κ1) is 20.4. The SMILES string of the molecule is CCOc1ccc2nc(NC(=O)c3cccc(N4C(=O)C5CC=CCC5C4=O)c3)sc2c1. The van der Waals surface area contributed by atoms with Gasteiger partial charge in [0.15, 0.2) is 5.13 Å². The molecule has 1 fully saturated rings. The van der Waals surface area contributed by atoms with E-state index in [-0.39, 0.29) is 29.6 Å². The van der Waals surface area contributed by atoms with E-state index in [2.05, 4.69) is 10.3 Å². The number of carbonyl (C=O) groups is 3.